The van der Waals surface area contributed by atoms with Crippen LogP contribution in [-0.4, -0.2) is 32.2 Å². The molecule has 0 radical (unpaired) electrons. The molecule has 1 N–H and O–H groups in total. The Morgan fingerprint density at radius 2 is 1.82 bits per heavy atom. The number of methoxy groups -OCH3 is 1. The maximum atomic E-state index is 12.2. The van der Waals surface area contributed by atoms with E-state index in [2.05, 4.69) is 5.32 Å². The predicted molar refractivity (Wildman–Crippen MR) is 109 cm³/mol. The first kappa shape index (κ1) is 21.9. The maximum absolute atomic E-state index is 12.2. The quantitative estimate of drug-likeness (QED) is 0.612. The van der Waals surface area contributed by atoms with Crippen LogP contribution >= 0.6 is 23.2 Å². The van der Waals surface area contributed by atoms with Crippen molar-refractivity contribution < 1.29 is 23.8 Å². The predicted octanol–water partition coefficient (Wildman–Crippen LogP) is 4.83. The van der Waals surface area contributed by atoms with Crippen molar-refractivity contribution >= 4 is 40.8 Å². The van der Waals surface area contributed by atoms with E-state index in [9.17, 15) is 9.59 Å². The lowest BCUT2D eigenvalue weighted by Crippen LogP contribution is -2.21. The lowest BCUT2D eigenvalue weighted by molar-refractivity contribution is -0.119. The zero-order valence-electron chi connectivity index (χ0n) is 15.8. The number of ether oxygens (including phenoxy) is 3. The molecule has 1 amide bonds. The molecule has 2 rings (SSSR count). The van der Waals surface area contributed by atoms with Gasteiger partial charge in [-0.25, -0.2) is 4.79 Å². The van der Waals surface area contributed by atoms with Gasteiger partial charge in [0.2, 0.25) is 0 Å². The molecule has 0 aromatic heterocycles. The van der Waals surface area contributed by atoms with Gasteiger partial charge in [0.15, 0.2) is 18.1 Å². The normalized spacial score (nSPS) is 10.5. The molecule has 0 unspecified atom stereocenters. The second-order valence-electron chi connectivity index (χ2n) is 6.32. The van der Waals surface area contributed by atoms with Gasteiger partial charge in [-0.2, -0.15) is 0 Å². The molecule has 0 spiro atoms. The molecule has 0 aliphatic heterocycles. The van der Waals surface area contributed by atoms with E-state index < -0.39 is 18.5 Å². The van der Waals surface area contributed by atoms with Crippen LogP contribution < -0.4 is 14.8 Å². The Morgan fingerprint density at radius 1 is 1.07 bits per heavy atom. The Balaban J connectivity index is 1.96. The van der Waals surface area contributed by atoms with Crippen molar-refractivity contribution in [2.24, 2.45) is 5.92 Å². The van der Waals surface area contributed by atoms with Gasteiger partial charge in [-0.05, 0) is 42.3 Å². The number of carbonyl (C=O) groups excluding carboxylic acids is 2. The second kappa shape index (κ2) is 10.2. The zero-order valence-corrected chi connectivity index (χ0v) is 17.3. The van der Waals surface area contributed by atoms with Crippen LogP contribution in [0.2, 0.25) is 10.0 Å². The van der Waals surface area contributed by atoms with Gasteiger partial charge in [0.05, 0.1) is 30.0 Å². The molecule has 28 heavy (non-hydrogen) atoms. The number of amides is 1. The van der Waals surface area contributed by atoms with Crippen molar-refractivity contribution in [3.8, 4) is 11.5 Å². The number of benzene rings is 2. The SMILES string of the molecule is COc1cc(C(=O)OCC(=O)Nc2cc(Cl)ccc2Cl)ccc1OCC(C)C. The molecule has 0 bridgehead atoms. The summed E-state index contributed by atoms with van der Waals surface area (Å²) >= 11 is 11.9. The van der Waals surface area contributed by atoms with E-state index in [0.29, 0.717) is 39.8 Å². The first-order chi connectivity index (χ1) is 13.3. The topological polar surface area (TPSA) is 73.9 Å². The lowest BCUT2D eigenvalue weighted by atomic mass is 10.2. The summed E-state index contributed by atoms with van der Waals surface area (Å²) < 4.78 is 15.9. The van der Waals surface area contributed by atoms with Crippen LogP contribution in [0.4, 0.5) is 5.69 Å². The molecule has 2 aromatic rings. The third-order valence-corrected chi connectivity index (χ3v) is 4.07. The van der Waals surface area contributed by atoms with Crippen LogP contribution in [0, 0.1) is 5.92 Å². The number of nitrogens with one attached hydrogen (secondary N) is 1. The molecule has 0 heterocycles. The standard InChI is InChI=1S/C20H21Cl2NO5/c1-12(2)10-27-17-7-4-13(8-18(17)26-3)20(25)28-11-19(24)23-16-9-14(21)5-6-15(16)22/h4-9,12H,10-11H2,1-3H3,(H,23,24). The van der Waals surface area contributed by atoms with Crippen molar-refractivity contribution in [1.29, 1.82) is 0 Å². The molecule has 8 heteroatoms. The molecule has 2 aromatic carbocycles. The Labute approximate surface area is 173 Å². The van der Waals surface area contributed by atoms with E-state index in [1.165, 1.54) is 19.2 Å². The van der Waals surface area contributed by atoms with Crippen molar-refractivity contribution in [2.75, 3.05) is 25.6 Å². The highest BCUT2D eigenvalue weighted by Gasteiger charge is 2.15. The summed E-state index contributed by atoms with van der Waals surface area (Å²) in [6.07, 6.45) is 0. The smallest absolute Gasteiger partial charge is 0.338 e. The van der Waals surface area contributed by atoms with Gasteiger partial charge < -0.3 is 19.5 Å². The van der Waals surface area contributed by atoms with E-state index in [4.69, 9.17) is 37.4 Å². The lowest BCUT2D eigenvalue weighted by Gasteiger charge is -2.13. The van der Waals surface area contributed by atoms with Gasteiger partial charge in [-0.1, -0.05) is 37.0 Å². The number of anilines is 1. The monoisotopic (exact) mass is 425 g/mol. The number of halogens is 2. The summed E-state index contributed by atoms with van der Waals surface area (Å²) in [5.74, 6) is 0.0784. The van der Waals surface area contributed by atoms with Crippen molar-refractivity contribution in [1.82, 2.24) is 0 Å². The number of rotatable bonds is 8. The third kappa shape index (κ3) is 6.32. The Bertz CT molecular complexity index is 854. The Kier molecular flexibility index (Phi) is 7.96. The summed E-state index contributed by atoms with van der Waals surface area (Å²) in [6, 6.07) is 9.34. The average molecular weight is 426 g/mol. The molecule has 150 valence electrons. The Morgan fingerprint density at radius 3 is 2.50 bits per heavy atom. The summed E-state index contributed by atoms with van der Waals surface area (Å²) in [6.45, 7) is 4.10. The first-order valence-corrected chi connectivity index (χ1v) is 9.28. The van der Waals surface area contributed by atoms with Gasteiger partial charge >= 0.3 is 5.97 Å². The minimum Gasteiger partial charge on any atom is -0.493 e. The van der Waals surface area contributed by atoms with Crippen LogP contribution in [0.15, 0.2) is 36.4 Å². The number of hydrogen-bond acceptors (Lipinski definition) is 5. The molecule has 0 aliphatic carbocycles. The van der Waals surface area contributed by atoms with Crippen LogP contribution in [0.5, 0.6) is 11.5 Å². The minimum absolute atomic E-state index is 0.238. The number of hydrogen-bond donors (Lipinski definition) is 1. The minimum atomic E-state index is -0.666. The average Bonchev–Trinajstić information content (AvgIpc) is 2.67. The van der Waals surface area contributed by atoms with Gasteiger partial charge in [0, 0.05) is 5.02 Å². The van der Waals surface area contributed by atoms with E-state index >= 15 is 0 Å². The second-order valence-corrected chi connectivity index (χ2v) is 7.16. The van der Waals surface area contributed by atoms with E-state index in [1.807, 2.05) is 13.8 Å². The van der Waals surface area contributed by atoms with Gasteiger partial charge in [-0.15, -0.1) is 0 Å². The fourth-order valence-electron chi connectivity index (χ4n) is 2.16. The number of esters is 1. The van der Waals surface area contributed by atoms with Gasteiger partial charge in [0.1, 0.15) is 0 Å². The maximum Gasteiger partial charge on any atom is 0.338 e. The summed E-state index contributed by atoms with van der Waals surface area (Å²) in [5, 5.41) is 3.28. The largest absolute Gasteiger partial charge is 0.493 e. The molecule has 0 aliphatic rings. The van der Waals surface area contributed by atoms with Crippen LogP contribution in [0.3, 0.4) is 0 Å². The third-order valence-electron chi connectivity index (χ3n) is 3.51. The summed E-state index contributed by atoms with van der Waals surface area (Å²) in [4.78, 5) is 24.2. The summed E-state index contributed by atoms with van der Waals surface area (Å²) in [7, 11) is 1.48. The molecular formula is C20H21Cl2NO5. The first-order valence-electron chi connectivity index (χ1n) is 8.53. The molecule has 0 saturated carbocycles. The van der Waals surface area contributed by atoms with E-state index in [0.717, 1.165) is 0 Å². The molecular weight excluding hydrogens is 405 g/mol. The van der Waals surface area contributed by atoms with Crippen LogP contribution in [-0.2, 0) is 9.53 Å². The fourth-order valence-corrected chi connectivity index (χ4v) is 2.50. The highest BCUT2D eigenvalue weighted by molar-refractivity contribution is 6.35. The van der Waals surface area contributed by atoms with Gasteiger partial charge in [0.25, 0.3) is 5.91 Å². The van der Waals surface area contributed by atoms with Crippen molar-refractivity contribution in [3.05, 3.63) is 52.0 Å². The number of carbonyl (C=O) groups is 2. The van der Waals surface area contributed by atoms with Crippen LogP contribution in [0.1, 0.15) is 24.2 Å². The molecule has 0 atom stereocenters. The van der Waals surface area contributed by atoms with Crippen molar-refractivity contribution in [2.45, 2.75) is 13.8 Å². The Hall–Kier alpha value is -2.44. The highest BCUT2D eigenvalue weighted by Crippen LogP contribution is 2.29. The molecule has 6 nitrogen and oxygen atoms in total. The molecule has 0 saturated heterocycles. The van der Waals surface area contributed by atoms with Crippen LogP contribution in [0.25, 0.3) is 0 Å². The fraction of sp³-hybridized carbons (Fsp3) is 0.300. The summed E-state index contributed by atoms with van der Waals surface area (Å²) in [5.41, 5.74) is 0.575. The zero-order chi connectivity index (χ0) is 20.7. The van der Waals surface area contributed by atoms with E-state index in [1.54, 1.807) is 24.3 Å². The van der Waals surface area contributed by atoms with Gasteiger partial charge in [-0.3, -0.25) is 4.79 Å². The highest BCUT2D eigenvalue weighted by atomic mass is 35.5. The molecule has 0 fully saturated rings. The van der Waals surface area contributed by atoms with Crippen molar-refractivity contribution in [3.63, 3.8) is 0 Å². The van der Waals surface area contributed by atoms with E-state index in [-0.39, 0.29) is 5.56 Å².